The number of benzene rings is 1. The van der Waals surface area contributed by atoms with Crippen LogP contribution in [0.4, 0.5) is 5.95 Å². The fraction of sp³-hybridized carbons (Fsp3) is 0.421. The summed E-state index contributed by atoms with van der Waals surface area (Å²) in [5.74, 6) is 1.69. The van der Waals surface area contributed by atoms with Crippen LogP contribution in [-0.2, 0) is 11.8 Å². The van der Waals surface area contributed by atoms with E-state index < -0.39 is 0 Å². The van der Waals surface area contributed by atoms with Crippen molar-refractivity contribution in [3.63, 3.8) is 0 Å². The summed E-state index contributed by atoms with van der Waals surface area (Å²) in [6.07, 6.45) is 2.49. The fourth-order valence-electron chi connectivity index (χ4n) is 3.67. The van der Waals surface area contributed by atoms with Crippen molar-refractivity contribution in [2.24, 2.45) is 12.5 Å². The predicted octanol–water partition coefficient (Wildman–Crippen LogP) is 2.49. The minimum Gasteiger partial charge on any atom is -0.379 e. The maximum Gasteiger partial charge on any atom is 0.227 e. The van der Waals surface area contributed by atoms with Crippen LogP contribution in [0.3, 0.4) is 0 Å². The lowest BCUT2D eigenvalue weighted by Crippen LogP contribution is -2.32. The van der Waals surface area contributed by atoms with E-state index in [-0.39, 0.29) is 0 Å². The Morgan fingerprint density at radius 1 is 1.15 bits per heavy atom. The summed E-state index contributed by atoms with van der Waals surface area (Å²) in [6, 6.07) is 12.2. The van der Waals surface area contributed by atoms with E-state index in [1.807, 2.05) is 48.0 Å². The van der Waals surface area contributed by atoms with E-state index >= 15 is 0 Å². The molecule has 1 aromatic carbocycles. The van der Waals surface area contributed by atoms with Gasteiger partial charge in [-0.2, -0.15) is 5.10 Å². The number of hydrogen-bond donors (Lipinski definition) is 1. The molecule has 0 bridgehead atoms. The average Bonchev–Trinajstić information content (AvgIpc) is 3.15. The van der Waals surface area contributed by atoms with E-state index in [0.29, 0.717) is 5.41 Å². The van der Waals surface area contributed by atoms with Crippen LogP contribution in [0.25, 0.3) is 22.8 Å². The van der Waals surface area contributed by atoms with Gasteiger partial charge in [-0.1, -0.05) is 30.3 Å². The normalized spacial score (nSPS) is 18.9. The molecule has 1 N–H and O–H groups in total. The molecule has 2 aromatic heterocycles. The molecule has 0 amide bonds. The van der Waals surface area contributed by atoms with Crippen LogP contribution in [0.5, 0.6) is 0 Å². The fourth-order valence-corrected chi connectivity index (χ4v) is 3.67. The van der Waals surface area contributed by atoms with Crippen LogP contribution in [-0.4, -0.2) is 51.3 Å². The molecule has 1 aliphatic carbocycles. The summed E-state index contributed by atoms with van der Waals surface area (Å²) in [6.45, 7) is 3.46. The molecule has 26 heavy (non-hydrogen) atoms. The van der Waals surface area contributed by atoms with Crippen molar-refractivity contribution in [1.82, 2.24) is 25.0 Å². The second-order valence-electron chi connectivity index (χ2n) is 7.39. The Labute approximate surface area is 152 Å². The second kappa shape index (κ2) is 5.95. The summed E-state index contributed by atoms with van der Waals surface area (Å²) >= 11 is 0. The highest BCUT2D eigenvalue weighted by molar-refractivity contribution is 5.65. The molecule has 2 aliphatic rings. The number of rotatable bonds is 3. The Balaban J connectivity index is 1.44. The van der Waals surface area contributed by atoms with Crippen LogP contribution in [0.1, 0.15) is 12.8 Å². The van der Waals surface area contributed by atoms with Crippen LogP contribution in [0, 0.1) is 5.41 Å². The Bertz CT molecular complexity index is 911. The Morgan fingerprint density at radius 2 is 2.00 bits per heavy atom. The molecule has 2 fully saturated rings. The number of hydrogen-bond acceptors (Lipinski definition) is 5. The number of H-pyrrole nitrogens is 1. The van der Waals surface area contributed by atoms with Crippen molar-refractivity contribution in [2.45, 2.75) is 12.8 Å². The van der Waals surface area contributed by atoms with E-state index in [1.165, 1.54) is 12.8 Å². The van der Waals surface area contributed by atoms with Gasteiger partial charge in [0, 0.05) is 31.1 Å². The molecule has 7 nitrogen and oxygen atoms in total. The molecule has 3 heterocycles. The molecule has 1 spiro atoms. The molecule has 0 radical (unpaired) electrons. The number of nitrogens with one attached hydrogen (secondary N) is 1. The van der Waals surface area contributed by atoms with Gasteiger partial charge in [0.15, 0.2) is 5.82 Å². The van der Waals surface area contributed by atoms with Gasteiger partial charge < -0.3 is 9.64 Å². The summed E-state index contributed by atoms with van der Waals surface area (Å²) in [4.78, 5) is 2.31. The van der Waals surface area contributed by atoms with Crippen molar-refractivity contribution < 1.29 is 4.74 Å². The average molecular weight is 350 g/mol. The van der Waals surface area contributed by atoms with Gasteiger partial charge in [0.2, 0.25) is 5.95 Å². The topological polar surface area (TPSA) is 71.9 Å². The van der Waals surface area contributed by atoms with Gasteiger partial charge in [-0.15, -0.1) is 10.2 Å². The maximum absolute atomic E-state index is 5.79. The van der Waals surface area contributed by atoms with Gasteiger partial charge in [0.1, 0.15) is 5.69 Å². The van der Waals surface area contributed by atoms with Gasteiger partial charge in [-0.25, -0.2) is 0 Å². The Hall–Kier alpha value is -2.67. The smallest absolute Gasteiger partial charge is 0.227 e. The summed E-state index contributed by atoms with van der Waals surface area (Å²) < 4.78 is 7.84. The van der Waals surface area contributed by atoms with E-state index in [0.717, 1.165) is 55.0 Å². The molecule has 3 aromatic rings. The van der Waals surface area contributed by atoms with Crippen molar-refractivity contribution >= 4 is 5.95 Å². The van der Waals surface area contributed by atoms with Gasteiger partial charge >= 0.3 is 0 Å². The monoisotopic (exact) mass is 350 g/mol. The van der Waals surface area contributed by atoms with E-state index in [9.17, 15) is 0 Å². The second-order valence-corrected chi connectivity index (χ2v) is 7.39. The van der Waals surface area contributed by atoms with Gasteiger partial charge in [-0.05, 0) is 18.9 Å². The first-order chi connectivity index (χ1) is 12.7. The molecule has 134 valence electrons. The summed E-state index contributed by atoms with van der Waals surface area (Å²) in [7, 11) is 2.01. The number of aromatic nitrogens is 5. The Morgan fingerprint density at radius 3 is 2.81 bits per heavy atom. The first-order valence-electron chi connectivity index (χ1n) is 9.07. The van der Waals surface area contributed by atoms with Gasteiger partial charge in [0.25, 0.3) is 0 Å². The zero-order chi connectivity index (χ0) is 17.6. The molecule has 5 rings (SSSR count). The minimum absolute atomic E-state index is 0.330. The third-order valence-electron chi connectivity index (χ3n) is 5.42. The highest BCUT2D eigenvalue weighted by Crippen LogP contribution is 2.47. The zero-order valence-electron chi connectivity index (χ0n) is 14.9. The lowest BCUT2D eigenvalue weighted by atomic mass is 10.1. The minimum atomic E-state index is 0.330. The van der Waals surface area contributed by atoms with Crippen LogP contribution in [0.2, 0.25) is 0 Å². The van der Waals surface area contributed by atoms with Crippen LogP contribution >= 0.6 is 0 Å². The number of anilines is 1. The van der Waals surface area contributed by atoms with Crippen molar-refractivity contribution in [3.05, 3.63) is 36.4 Å². The van der Waals surface area contributed by atoms with Gasteiger partial charge in [0.05, 0.1) is 18.9 Å². The first kappa shape index (κ1) is 15.6. The zero-order valence-corrected chi connectivity index (χ0v) is 14.9. The molecule has 1 saturated heterocycles. The molecular weight excluding hydrogens is 328 g/mol. The predicted molar refractivity (Wildman–Crippen MR) is 98.7 cm³/mol. The molecule has 7 heteroatoms. The third-order valence-corrected chi connectivity index (χ3v) is 5.42. The van der Waals surface area contributed by atoms with Gasteiger partial charge in [-0.3, -0.25) is 9.67 Å². The molecular formula is C19H22N6O. The van der Waals surface area contributed by atoms with E-state index in [4.69, 9.17) is 4.74 Å². The highest BCUT2D eigenvalue weighted by Gasteiger charge is 2.46. The Kier molecular flexibility index (Phi) is 3.56. The lowest BCUT2D eigenvalue weighted by molar-refractivity contribution is 0.116. The van der Waals surface area contributed by atoms with E-state index in [2.05, 4.69) is 25.3 Å². The van der Waals surface area contributed by atoms with Crippen LogP contribution in [0.15, 0.2) is 36.4 Å². The highest BCUT2D eigenvalue weighted by atomic mass is 16.5. The third kappa shape index (κ3) is 2.68. The van der Waals surface area contributed by atoms with Crippen LogP contribution < -0.4 is 4.90 Å². The SMILES string of the molecule is Cn1c(-c2cc(-c3ccccc3)n[nH]2)nnc1N1CCOCC2(CC2)C1. The number of ether oxygens (including phenoxy) is 1. The number of aromatic amines is 1. The van der Waals surface area contributed by atoms with E-state index in [1.54, 1.807) is 0 Å². The quantitative estimate of drug-likeness (QED) is 0.786. The molecule has 1 saturated carbocycles. The van der Waals surface area contributed by atoms with Crippen molar-refractivity contribution in [2.75, 3.05) is 31.2 Å². The standard InChI is InChI=1S/C19H22N6O/c1-24-17(16-11-15(20-21-16)14-5-3-2-4-6-14)22-23-18(24)25-9-10-26-13-19(12-25)7-8-19/h2-6,11H,7-10,12-13H2,1H3,(H,20,21). The largest absolute Gasteiger partial charge is 0.379 e. The maximum atomic E-state index is 5.79. The number of nitrogens with zero attached hydrogens (tertiary/aromatic N) is 5. The first-order valence-corrected chi connectivity index (χ1v) is 9.07. The molecule has 0 unspecified atom stereocenters. The van der Waals surface area contributed by atoms with Crippen molar-refractivity contribution in [1.29, 1.82) is 0 Å². The molecule has 1 aliphatic heterocycles. The summed E-state index contributed by atoms with van der Waals surface area (Å²) in [5.41, 5.74) is 3.19. The summed E-state index contributed by atoms with van der Waals surface area (Å²) in [5, 5.41) is 16.4. The van der Waals surface area contributed by atoms with Crippen molar-refractivity contribution in [3.8, 4) is 22.8 Å². The molecule has 0 atom stereocenters. The lowest BCUT2D eigenvalue weighted by Gasteiger charge is -2.23.